The second kappa shape index (κ2) is 10.4. The molecule has 0 saturated carbocycles. The fourth-order valence-electron chi connectivity index (χ4n) is 3.39. The van der Waals surface area contributed by atoms with E-state index < -0.39 is 10.0 Å². The van der Waals surface area contributed by atoms with Gasteiger partial charge in [0.15, 0.2) is 5.96 Å². The van der Waals surface area contributed by atoms with Crippen molar-refractivity contribution in [1.29, 1.82) is 0 Å². The summed E-state index contributed by atoms with van der Waals surface area (Å²) in [5.74, 6) is 2.46. The first kappa shape index (κ1) is 22.0. The predicted molar refractivity (Wildman–Crippen MR) is 123 cm³/mol. The molecule has 0 spiro atoms. The van der Waals surface area contributed by atoms with Crippen LogP contribution in [0.15, 0.2) is 29.4 Å². The van der Waals surface area contributed by atoms with Crippen LogP contribution in [0.3, 0.4) is 0 Å². The molecule has 0 unspecified atom stereocenters. The molecule has 1 aromatic carbocycles. The van der Waals surface area contributed by atoms with E-state index in [9.17, 15) is 8.42 Å². The molecule has 3 rings (SSSR count). The zero-order valence-corrected chi connectivity index (χ0v) is 18.8. The van der Waals surface area contributed by atoms with Crippen LogP contribution in [0, 0.1) is 6.92 Å². The van der Waals surface area contributed by atoms with E-state index >= 15 is 0 Å². The van der Waals surface area contributed by atoms with E-state index in [0.717, 1.165) is 36.5 Å². The number of aromatic nitrogens is 1. The van der Waals surface area contributed by atoms with Crippen molar-refractivity contribution in [3.8, 4) is 0 Å². The summed E-state index contributed by atoms with van der Waals surface area (Å²) in [5.41, 5.74) is 3.65. The van der Waals surface area contributed by atoms with Gasteiger partial charge >= 0.3 is 0 Å². The van der Waals surface area contributed by atoms with Crippen molar-refractivity contribution < 1.29 is 8.42 Å². The maximum absolute atomic E-state index is 12.4. The molecule has 1 saturated heterocycles. The van der Waals surface area contributed by atoms with Gasteiger partial charge in [-0.3, -0.25) is 4.99 Å². The van der Waals surface area contributed by atoms with Crippen molar-refractivity contribution in [2.24, 2.45) is 4.99 Å². The van der Waals surface area contributed by atoms with Crippen LogP contribution in [0.1, 0.15) is 18.1 Å². The lowest BCUT2D eigenvalue weighted by molar-refractivity contribution is 0.444. The molecule has 3 N–H and O–H groups in total. The van der Waals surface area contributed by atoms with Gasteiger partial charge in [0, 0.05) is 54.8 Å². The van der Waals surface area contributed by atoms with Gasteiger partial charge in [-0.15, -0.1) is 0 Å². The number of aryl methyl sites for hydroxylation is 1. The average molecular weight is 438 g/mol. The Hall–Kier alpha value is -1.71. The SMILES string of the molecule is CCNC(=NCCS(=O)(=O)N1CCSCC1)NCCc1c[nH]c2cc(C)ccc12. The van der Waals surface area contributed by atoms with E-state index in [-0.39, 0.29) is 12.3 Å². The zero-order chi connectivity index (χ0) is 20.7. The highest BCUT2D eigenvalue weighted by Gasteiger charge is 2.23. The molecule has 9 heteroatoms. The van der Waals surface area contributed by atoms with E-state index in [1.165, 1.54) is 16.5 Å². The van der Waals surface area contributed by atoms with Gasteiger partial charge in [-0.05, 0) is 37.5 Å². The van der Waals surface area contributed by atoms with E-state index in [4.69, 9.17) is 0 Å². The van der Waals surface area contributed by atoms with Crippen LogP contribution < -0.4 is 10.6 Å². The zero-order valence-electron chi connectivity index (χ0n) is 17.2. The van der Waals surface area contributed by atoms with Crippen molar-refractivity contribution in [2.45, 2.75) is 20.3 Å². The normalized spacial score (nSPS) is 16.3. The Balaban J connectivity index is 1.52. The van der Waals surface area contributed by atoms with Crippen molar-refractivity contribution in [3.05, 3.63) is 35.5 Å². The summed E-state index contributed by atoms with van der Waals surface area (Å²) in [5, 5.41) is 7.75. The number of aliphatic imine (C=N–C) groups is 1. The van der Waals surface area contributed by atoms with Gasteiger partial charge in [-0.25, -0.2) is 12.7 Å². The molecule has 1 aliphatic rings. The highest BCUT2D eigenvalue weighted by molar-refractivity contribution is 7.99. The van der Waals surface area contributed by atoms with Crippen molar-refractivity contribution in [2.75, 3.05) is 50.0 Å². The molecular weight excluding hydrogens is 406 g/mol. The van der Waals surface area contributed by atoms with Gasteiger partial charge in [0.25, 0.3) is 0 Å². The molecule has 2 aromatic rings. The minimum absolute atomic E-state index is 0.0516. The van der Waals surface area contributed by atoms with Gasteiger partial charge in [0.1, 0.15) is 0 Å². The molecule has 2 heterocycles. The lowest BCUT2D eigenvalue weighted by Gasteiger charge is -2.25. The number of nitrogens with one attached hydrogen (secondary N) is 3. The van der Waals surface area contributed by atoms with Crippen LogP contribution in [0.2, 0.25) is 0 Å². The molecule has 1 aliphatic heterocycles. The van der Waals surface area contributed by atoms with Gasteiger partial charge in [-0.1, -0.05) is 12.1 Å². The molecule has 1 fully saturated rings. The third kappa shape index (κ3) is 6.13. The predicted octanol–water partition coefficient (Wildman–Crippen LogP) is 1.95. The third-order valence-corrected chi connectivity index (χ3v) is 7.73. The smallest absolute Gasteiger partial charge is 0.215 e. The Morgan fingerprint density at radius 1 is 1.28 bits per heavy atom. The first-order valence-electron chi connectivity index (χ1n) is 10.1. The minimum atomic E-state index is -3.22. The number of hydrogen-bond donors (Lipinski definition) is 3. The van der Waals surface area contributed by atoms with Crippen molar-refractivity contribution in [1.82, 2.24) is 19.9 Å². The molecule has 0 atom stereocenters. The number of guanidine groups is 1. The summed E-state index contributed by atoms with van der Waals surface area (Å²) >= 11 is 1.80. The van der Waals surface area contributed by atoms with Crippen molar-refractivity contribution >= 4 is 38.6 Å². The Morgan fingerprint density at radius 3 is 2.83 bits per heavy atom. The third-order valence-electron chi connectivity index (χ3n) is 4.94. The van der Waals surface area contributed by atoms with Crippen LogP contribution in [0.25, 0.3) is 10.9 Å². The van der Waals surface area contributed by atoms with Crippen LogP contribution in [0.4, 0.5) is 0 Å². The average Bonchev–Trinajstić information content (AvgIpc) is 3.10. The summed E-state index contributed by atoms with van der Waals surface area (Å²) in [7, 11) is -3.22. The topological polar surface area (TPSA) is 89.6 Å². The summed E-state index contributed by atoms with van der Waals surface area (Å²) < 4.78 is 26.5. The van der Waals surface area contributed by atoms with E-state index in [1.54, 1.807) is 16.1 Å². The number of benzene rings is 1. The lowest BCUT2D eigenvalue weighted by atomic mass is 10.1. The number of H-pyrrole nitrogens is 1. The van der Waals surface area contributed by atoms with Crippen LogP contribution in [-0.2, 0) is 16.4 Å². The first-order valence-corrected chi connectivity index (χ1v) is 12.9. The van der Waals surface area contributed by atoms with Crippen LogP contribution in [-0.4, -0.2) is 73.6 Å². The maximum atomic E-state index is 12.4. The summed E-state index contributed by atoms with van der Waals surface area (Å²) in [6.45, 7) is 7.02. The molecule has 0 radical (unpaired) electrons. The van der Waals surface area contributed by atoms with Gasteiger partial charge in [-0.2, -0.15) is 11.8 Å². The summed E-state index contributed by atoms with van der Waals surface area (Å²) in [4.78, 5) is 7.79. The highest BCUT2D eigenvalue weighted by atomic mass is 32.2. The number of rotatable bonds is 8. The maximum Gasteiger partial charge on any atom is 0.215 e. The summed E-state index contributed by atoms with van der Waals surface area (Å²) in [6.07, 6.45) is 2.91. The van der Waals surface area contributed by atoms with E-state index in [1.807, 2.05) is 6.92 Å². The number of thioether (sulfide) groups is 1. The number of nitrogens with zero attached hydrogens (tertiary/aromatic N) is 2. The number of aromatic amines is 1. The molecule has 0 bridgehead atoms. The largest absolute Gasteiger partial charge is 0.361 e. The van der Waals surface area contributed by atoms with E-state index in [2.05, 4.69) is 51.9 Å². The Labute approximate surface area is 177 Å². The minimum Gasteiger partial charge on any atom is -0.361 e. The standard InChI is InChI=1S/C20H31N5O2S2/c1-3-21-20(23-8-13-29(26,27)25-9-11-28-12-10-25)22-7-6-17-15-24-19-14-16(2)4-5-18(17)19/h4-5,14-15,24H,3,6-13H2,1-2H3,(H2,21,22,23). The Kier molecular flexibility index (Phi) is 7.85. The molecule has 0 aliphatic carbocycles. The number of sulfonamides is 1. The second-order valence-corrected chi connectivity index (χ2v) is 10.4. The van der Waals surface area contributed by atoms with Crippen molar-refractivity contribution in [3.63, 3.8) is 0 Å². The molecule has 7 nitrogen and oxygen atoms in total. The van der Waals surface area contributed by atoms with E-state index in [0.29, 0.717) is 19.0 Å². The first-order chi connectivity index (χ1) is 14.0. The fraction of sp³-hybridized carbons (Fsp3) is 0.550. The lowest BCUT2D eigenvalue weighted by Crippen LogP contribution is -2.41. The monoisotopic (exact) mass is 437 g/mol. The Bertz CT molecular complexity index is 933. The highest BCUT2D eigenvalue weighted by Crippen LogP contribution is 2.19. The van der Waals surface area contributed by atoms with Crippen LogP contribution in [0.5, 0.6) is 0 Å². The molecule has 160 valence electrons. The quantitative estimate of drug-likeness (QED) is 0.434. The molecule has 29 heavy (non-hydrogen) atoms. The van der Waals surface area contributed by atoms with Gasteiger partial charge in [0.05, 0.1) is 12.3 Å². The molecular formula is C20H31N5O2S2. The number of fused-ring (bicyclic) bond motifs is 1. The molecule has 0 amide bonds. The number of hydrogen-bond acceptors (Lipinski definition) is 4. The molecule has 1 aromatic heterocycles. The second-order valence-electron chi connectivity index (χ2n) is 7.13. The fourth-order valence-corrected chi connectivity index (χ4v) is 5.84. The van der Waals surface area contributed by atoms with Gasteiger partial charge in [0.2, 0.25) is 10.0 Å². The van der Waals surface area contributed by atoms with Crippen LogP contribution >= 0.6 is 11.8 Å². The Morgan fingerprint density at radius 2 is 2.07 bits per heavy atom. The van der Waals surface area contributed by atoms with Gasteiger partial charge < -0.3 is 15.6 Å². The summed E-state index contributed by atoms with van der Waals surface area (Å²) in [6, 6.07) is 6.43.